The number of amides is 2. The summed E-state index contributed by atoms with van der Waals surface area (Å²) in [5.41, 5.74) is 6.49. The van der Waals surface area contributed by atoms with Crippen molar-refractivity contribution >= 4 is 40.0 Å². The van der Waals surface area contributed by atoms with Crippen molar-refractivity contribution in [2.45, 2.75) is 44.7 Å². The van der Waals surface area contributed by atoms with Crippen LogP contribution in [0.25, 0.3) is 0 Å². The van der Waals surface area contributed by atoms with E-state index in [9.17, 15) is 9.59 Å². The van der Waals surface area contributed by atoms with Crippen LogP contribution in [0.15, 0.2) is 12.3 Å². The Labute approximate surface area is 209 Å². The maximum absolute atomic E-state index is 13.0. The van der Waals surface area contributed by atoms with Gasteiger partial charge < -0.3 is 26.6 Å². The van der Waals surface area contributed by atoms with E-state index in [-0.39, 0.29) is 23.6 Å². The van der Waals surface area contributed by atoms with Gasteiger partial charge in [-0.1, -0.05) is 0 Å². The first-order valence-corrected chi connectivity index (χ1v) is 13.1. The van der Waals surface area contributed by atoms with Crippen molar-refractivity contribution in [3.8, 4) is 0 Å². The van der Waals surface area contributed by atoms with Gasteiger partial charge in [0.05, 0.1) is 11.9 Å². The monoisotopic (exact) mass is 499 g/mol. The fraction of sp³-hybridized carbons (Fsp3) is 0.609. The molecule has 0 unspecified atom stereocenters. The lowest BCUT2D eigenvalue weighted by Crippen LogP contribution is -2.59. The van der Waals surface area contributed by atoms with Gasteiger partial charge in [0.15, 0.2) is 11.5 Å². The van der Waals surface area contributed by atoms with Crippen LogP contribution in [0.4, 0.5) is 16.6 Å². The molecule has 2 aromatic rings. The Balaban J connectivity index is 1.21. The number of hydrogen-bond donors (Lipinski definition) is 4. The topological polar surface area (TPSA) is 141 Å². The number of nitrogens with zero attached hydrogens (tertiary/aromatic N) is 5. The van der Waals surface area contributed by atoms with Crippen LogP contribution < -0.4 is 26.6 Å². The Morgan fingerprint density at radius 3 is 2.66 bits per heavy atom. The molecule has 5 heterocycles. The average molecular weight is 500 g/mol. The zero-order valence-corrected chi connectivity index (χ0v) is 20.8. The highest BCUT2D eigenvalue weighted by Crippen LogP contribution is 2.26. The zero-order valence-electron chi connectivity index (χ0n) is 20.0. The van der Waals surface area contributed by atoms with E-state index in [4.69, 9.17) is 5.73 Å². The number of carbonyl (C=O) groups excluding carboxylic acids is 2. The van der Waals surface area contributed by atoms with Gasteiger partial charge in [-0.15, -0.1) is 0 Å². The number of carbonyl (C=O) groups is 2. The van der Waals surface area contributed by atoms with Gasteiger partial charge in [-0.2, -0.15) is 4.37 Å². The summed E-state index contributed by atoms with van der Waals surface area (Å²) >= 11 is 1.28. The van der Waals surface area contributed by atoms with E-state index in [2.05, 4.69) is 40.1 Å². The van der Waals surface area contributed by atoms with Crippen LogP contribution in [0.1, 0.15) is 41.9 Å². The van der Waals surface area contributed by atoms with Crippen LogP contribution >= 0.6 is 11.5 Å². The minimum atomic E-state index is -0.642. The Hall–Kier alpha value is -2.83. The van der Waals surface area contributed by atoms with Gasteiger partial charge >= 0.3 is 0 Å². The van der Waals surface area contributed by atoms with Crippen molar-refractivity contribution in [1.82, 2.24) is 29.9 Å². The van der Waals surface area contributed by atoms with Crippen LogP contribution in [-0.2, 0) is 4.79 Å². The lowest BCUT2D eigenvalue weighted by molar-refractivity contribution is -0.127. The van der Waals surface area contributed by atoms with Crippen molar-refractivity contribution in [3.63, 3.8) is 0 Å². The third-order valence-electron chi connectivity index (χ3n) is 7.13. The molecule has 11 nitrogen and oxygen atoms in total. The Morgan fingerprint density at radius 1 is 1.20 bits per heavy atom. The van der Waals surface area contributed by atoms with E-state index in [1.807, 2.05) is 13.0 Å². The maximum atomic E-state index is 13.0. The van der Waals surface area contributed by atoms with Crippen molar-refractivity contribution < 1.29 is 9.59 Å². The van der Waals surface area contributed by atoms with Gasteiger partial charge in [0.1, 0.15) is 10.8 Å². The molecule has 2 amide bonds. The van der Waals surface area contributed by atoms with Crippen LogP contribution in [0.5, 0.6) is 0 Å². The number of aryl methyl sites for hydroxylation is 1. The number of likely N-dealkylation sites (tertiary alicyclic amines) is 1. The van der Waals surface area contributed by atoms with E-state index in [0.29, 0.717) is 24.2 Å². The summed E-state index contributed by atoms with van der Waals surface area (Å²) in [6.45, 7) is 7.50. The number of rotatable bonds is 7. The lowest BCUT2D eigenvalue weighted by atomic mass is 9.93. The van der Waals surface area contributed by atoms with Gasteiger partial charge in [-0.3, -0.25) is 14.5 Å². The average Bonchev–Trinajstić information content (AvgIpc) is 3.23. The van der Waals surface area contributed by atoms with Gasteiger partial charge in [0, 0.05) is 44.2 Å². The third-order valence-corrected chi connectivity index (χ3v) is 7.93. The summed E-state index contributed by atoms with van der Waals surface area (Å²) in [7, 11) is 0. The number of anilines is 3. The fourth-order valence-corrected chi connectivity index (χ4v) is 5.68. The van der Waals surface area contributed by atoms with Crippen molar-refractivity contribution in [3.05, 3.63) is 23.7 Å². The number of piperidine rings is 2. The summed E-state index contributed by atoms with van der Waals surface area (Å²) < 4.78 is 4.25. The number of primary amides is 1. The first kappa shape index (κ1) is 23.9. The molecular formula is C23H33N9O2S. The van der Waals surface area contributed by atoms with E-state index in [1.165, 1.54) is 11.5 Å². The minimum Gasteiger partial charge on any atom is -0.364 e. The molecule has 1 atom stereocenters. The summed E-state index contributed by atoms with van der Waals surface area (Å²) in [5.74, 6) is 0.582. The SMILES string of the molecule is Cc1cc(Nc2nc(N3CCC[C@H](NC(=O)C4CCN(C5CNC5)CC4)C3)cnc2C(N)=O)sn1. The Kier molecular flexibility index (Phi) is 7.12. The molecule has 0 aromatic carbocycles. The summed E-state index contributed by atoms with van der Waals surface area (Å²) in [5, 5.41) is 10.5. The minimum absolute atomic E-state index is 0.0586. The lowest BCUT2D eigenvalue weighted by Gasteiger charge is -2.42. The largest absolute Gasteiger partial charge is 0.364 e. The maximum Gasteiger partial charge on any atom is 0.271 e. The van der Waals surface area contributed by atoms with Gasteiger partial charge in [0.25, 0.3) is 5.91 Å². The van der Waals surface area contributed by atoms with E-state index in [0.717, 1.165) is 69.1 Å². The van der Waals surface area contributed by atoms with Crippen LogP contribution in [0.2, 0.25) is 0 Å². The molecule has 3 saturated heterocycles. The molecule has 188 valence electrons. The Morgan fingerprint density at radius 2 is 2.00 bits per heavy atom. The van der Waals surface area contributed by atoms with Crippen LogP contribution in [-0.4, -0.2) is 82.4 Å². The molecule has 3 fully saturated rings. The normalized spacial score (nSPS) is 22.0. The molecule has 0 saturated carbocycles. The molecule has 12 heteroatoms. The van der Waals surface area contributed by atoms with Gasteiger partial charge in [-0.25, -0.2) is 9.97 Å². The first-order valence-electron chi connectivity index (χ1n) is 12.3. The highest BCUT2D eigenvalue weighted by atomic mass is 32.1. The van der Waals surface area contributed by atoms with Crippen LogP contribution in [0.3, 0.4) is 0 Å². The third kappa shape index (κ3) is 5.54. The quantitative estimate of drug-likeness (QED) is 0.436. The molecule has 5 rings (SSSR count). The number of hydrogen-bond acceptors (Lipinski definition) is 10. The predicted octanol–water partition coefficient (Wildman–Crippen LogP) is 0.853. The van der Waals surface area contributed by atoms with Gasteiger partial charge in [-0.05, 0) is 63.3 Å². The molecule has 3 aliphatic heterocycles. The standard InChI is InChI=1S/C23H33N9O2S/c1-14-9-19(35-30-14)29-22-20(21(24)33)26-12-18(28-22)32-6-2-3-16(13-32)27-23(34)15-4-7-31(8-5-15)17-10-25-11-17/h9,12,15-17,25H,2-8,10-11,13H2,1H3,(H2,24,33)(H,27,34)(H,28,29)/t16-/m0/s1. The molecule has 0 aliphatic carbocycles. The zero-order chi connectivity index (χ0) is 24.4. The molecule has 35 heavy (non-hydrogen) atoms. The number of aromatic nitrogens is 3. The second kappa shape index (κ2) is 10.4. The second-order valence-electron chi connectivity index (χ2n) is 9.66. The van der Waals surface area contributed by atoms with Crippen molar-refractivity contribution in [2.75, 3.05) is 49.5 Å². The highest BCUT2D eigenvalue weighted by molar-refractivity contribution is 7.10. The smallest absolute Gasteiger partial charge is 0.271 e. The fourth-order valence-electron chi connectivity index (χ4n) is 5.02. The van der Waals surface area contributed by atoms with E-state index < -0.39 is 5.91 Å². The number of nitrogens with two attached hydrogens (primary N) is 1. The second-order valence-corrected chi connectivity index (χ2v) is 10.5. The molecule has 0 spiro atoms. The van der Waals surface area contributed by atoms with Gasteiger partial charge in [0.2, 0.25) is 5.91 Å². The molecule has 2 aromatic heterocycles. The van der Waals surface area contributed by atoms with E-state index in [1.54, 1.807) is 6.20 Å². The van der Waals surface area contributed by atoms with Crippen molar-refractivity contribution in [2.24, 2.45) is 11.7 Å². The Bertz CT molecular complexity index is 1070. The van der Waals surface area contributed by atoms with Crippen LogP contribution in [0, 0.1) is 12.8 Å². The number of nitrogens with one attached hydrogen (secondary N) is 3. The summed E-state index contributed by atoms with van der Waals surface area (Å²) in [6, 6.07) is 2.58. The highest BCUT2D eigenvalue weighted by Gasteiger charge is 2.32. The molecule has 3 aliphatic rings. The first-order chi connectivity index (χ1) is 17.0. The molecular weight excluding hydrogens is 466 g/mol. The molecule has 5 N–H and O–H groups in total. The van der Waals surface area contributed by atoms with Crippen molar-refractivity contribution in [1.29, 1.82) is 0 Å². The summed E-state index contributed by atoms with van der Waals surface area (Å²) in [6.07, 6.45) is 5.30. The molecule has 0 radical (unpaired) electrons. The van der Waals surface area contributed by atoms with E-state index >= 15 is 0 Å². The molecule has 0 bridgehead atoms. The predicted molar refractivity (Wildman–Crippen MR) is 135 cm³/mol. The summed E-state index contributed by atoms with van der Waals surface area (Å²) in [4.78, 5) is 38.5.